The predicted octanol–water partition coefficient (Wildman–Crippen LogP) is 4.51. The fraction of sp³-hybridized carbons (Fsp3) is 0.310. The Labute approximate surface area is 221 Å². The summed E-state index contributed by atoms with van der Waals surface area (Å²) in [7, 11) is 1.56. The summed E-state index contributed by atoms with van der Waals surface area (Å²) in [5.41, 5.74) is 2.60. The zero-order chi connectivity index (χ0) is 27.1. The summed E-state index contributed by atoms with van der Waals surface area (Å²) in [5.74, 6) is -0.130. The molecule has 1 N–H and O–H groups in total. The molecule has 1 aromatic heterocycles. The molecule has 0 saturated heterocycles. The van der Waals surface area contributed by atoms with Crippen molar-refractivity contribution in [1.82, 2.24) is 25.2 Å². The Morgan fingerprint density at radius 1 is 1.03 bits per heavy atom. The molecule has 0 saturated carbocycles. The molecule has 0 bridgehead atoms. The zero-order valence-electron chi connectivity index (χ0n) is 21.8. The predicted molar refractivity (Wildman–Crippen MR) is 143 cm³/mol. The number of benzene rings is 3. The SMILES string of the molecule is COc1ccccc1CN(C(=O)Cn1nnc2ccccc21)[C@H](C(=O)NCCC(C)C)c1ccc(F)cc1. The number of amides is 2. The van der Waals surface area contributed by atoms with Gasteiger partial charge in [0.2, 0.25) is 11.8 Å². The van der Waals surface area contributed by atoms with Crippen molar-refractivity contribution in [3.8, 4) is 5.75 Å². The lowest BCUT2D eigenvalue weighted by Gasteiger charge is -2.32. The minimum absolute atomic E-state index is 0.0924. The van der Waals surface area contributed by atoms with Crippen molar-refractivity contribution in [2.45, 2.75) is 39.4 Å². The highest BCUT2D eigenvalue weighted by Crippen LogP contribution is 2.28. The number of carbonyl (C=O) groups excluding carboxylic acids is 2. The van der Waals surface area contributed by atoms with Crippen LogP contribution < -0.4 is 10.1 Å². The molecule has 1 heterocycles. The van der Waals surface area contributed by atoms with E-state index in [0.717, 1.165) is 12.0 Å². The molecule has 198 valence electrons. The van der Waals surface area contributed by atoms with Crippen molar-refractivity contribution in [3.05, 3.63) is 89.7 Å². The minimum Gasteiger partial charge on any atom is -0.496 e. The maximum Gasteiger partial charge on any atom is 0.247 e. The second-order valence-electron chi connectivity index (χ2n) is 9.50. The Kier molecular flexibility index (Phi) is 8.68. The highest BCUT2D eigenvalue weighted by Gasteiger charge is 2.32. The lowest BCUT2D eigenvalue weighted by atomic mass is 10.0. The van der Waals surface area contributed by atoms with Crippen molar-refractivity contribution >= 4 is 22.8 Å². The van der Waals surface area contributed by atoms with Crippen molar-refractivity contribution in [3.63, 3.8) is 0 Å². The summed E-state index contributed by atoms with van der Waals surface area (Å²) in [6.45, 7) is 4.56. The molecule has 0 unspecified atom stereocenters. The van der Waals surface area contributed by atoms with E-state index in [2.05, 4.69) is 29.5 Å². The molecule has 0 aliphatic rings. The zero-order valence-corrected chi connectivity index (χ0v) is 21.8. The Morgan fingerprint density at radius 2 is 1.74 bits per heavy atom. The number of ether oxygens (including phenoxy) is 1. The van der Waals surface area contributed by atoms with Crippen LogP contribution in [-0.2, 0) is 22.7 Å². The Morgan fingerprint density at radius 3 is 2.47 bits per heavy atom. The molecule has 1 atom stereocenters. The van der Waals surface area contributed by atoms with Crippen LogP contribution >= 0.6 is 0 Å². The number of fused-ring (bicyclic) bond motifs is 1. The van der Waals surface area contributed by atoms with Crippen LogP contribution in [0.15, 0.2) is 72.8 Å². The molecule has 0 aliphatic heterocycles. The Balaban J connectivity index is 1.74. The molecule has 9 heteroatoms. The number of hydrogen-bond donors (Lipinski definition) is 1. The van der Waals surface area contributed by atoms with Crippen molar-refractivity contribution in [1.29, 1.82) is 0 Å². The van der Waals surface area contributed by atoms with E-state index in [1.165, 1.54) is 33.8 Å². The summed E-state index contributed by atoms with van der Waals surface area (Å²) in [6.07, 6.45) is 0.785. The fourth-order valence-electron chi connectivity index (χ4n) is 4.29. The van der Waals surface area contributed by atoms with E-state index in [9.17, 15) is 14.0 Å². The third-order valence-electron chi connectivity index (χ3n) is 6.33. The van der Waals surface area contributed by atoms with E-state index in [1.54, 1.807) is 13.2 Å². The maximum absolute atomic E-state index is 14.0. The first-order valence-corrected chi connectivity index (χ1v) is 12.6. The lowest BCUT2D eigenvalue weighted by molar-refractivity contribution is -0.142. The highest BCUT2D eigenvalue weighted by atomic mass is 19.1. The van der Waals surface area contributed by atoms with Crippen LogP contribution in [0.25, 0.3) is 11.0 Å². The molecule has 3 aromatic carbocycles. The standard InChI is InChI=1S/C29H32FN5O3/c1-20(2)16-17-31-29(37)28(21-12-14-23(30)15-13-21)34(18-22-8-4-7-11-26(22)38-3)27(36)19-35-25-10-6-5-9-24(25)32-33-35/h4-15,20,28H,16-19H2,1-3H3,(H,31,37)/t28-/m0/s1. The van der Waals surface area contributed by atoms with Crippen molar-refractivity contribution in [2.75, 3.05) is 13.7 Å². The van der Waals surface area contributed by atoms with Gasteiger partial charge in [-0.3, -0.25) is 9.59 Å². The van der Waals surface area contributed by atoms with Crippen LogP contribution in [0.4, 0.5) is 4.39 Å². The smallest absolute Gasteiger partial charge is 0.247 e. The molecule has 0 fully saturated rings. The first-order chi connectivity index (χ1) is 18.4. The quantitative estimate of drug-likeness (QED) is 0.316. The molecule has 0 aliphatic carbocycles. The number of halogens is 1. The Hall–Kier alpha value is -4.27. The van der Waals surface area contributed by atoms with Crippen LogP contribution in [-0.4, -0.2) is 45.4 Å². The van der Waals surface area contributed by atoms with Gasteiger partial charge < -0.3 is 15.0 Å². The van der Waals surface area contributed by atoms with Gasteiger partial charge in [-0.15, -0.1) is 5.10 Å². The van der Waals surface area contributed by atoms with Gasteiger partial charge in [0.15, 0.2) is 0 Å². The number of methoxy groups -OCH3 is 1. The second kappa shape index (κ2) is 12.3. The Bertz CT molecular complexity index is 1390. The van der Waals surface area contributed by atoms with Gasteiger partial charge in [0.05, 0.1) is 19.2 Å². The van der Waals surface area contributed by atoms with E-state index in [4.69, 9.17) is 4.74 Å². The van der Waals surface area contributed by atoms with Gasteiger partial charge in [-0.25, -0.2) is 9.07 Å². The molecular formula is C29H32FN5O3. The fourth-order valence-corrected chi connectivity index (χ4v) is 4.29. The van der Waals surface area contributed by atoms with Crippen LogP contribution in [0.2, 0.25) is 0 Å². The van der Waals surface area contributed by atoms with Gasteiger partial charge in [0.25, 0.3) is 0 Å². The molecule has 8 nitrogen and oxygen atoms in total. The number of para-hydroxylation sites is 2. The lowest BCUT2D eigenvalue weighted by Crippen LogP contribution is -2.45. The average molecular weight is 518 g/mol. The highest BCUT2D eigenvalue weighted by molar-refractivity contribution is 5.89. The average Bonchev–Trinajstić information content (AvgIpc) is 3.32. The topological polar surface area (TPSA) is 89.3 Å². The van der Waals surface area contributed by atoms with Crippen LogP contribution in [0, 0.1) is 11.7 Å². The van der Waals surface area contributed by atoms with Gasteiger partial charge in [-0.1, -0.05) is 61.5 Å². The van der Waals surface area contributed by atoms with Crippen LogP contribution in [0.3, 0.4) is 0 Å². The first kappa shape index (κ1) is 26.8. The minimum atomic E-state index is -1.00. The molecule has 0 radical (unpaired) electrons. The molecule has 0 spiro atoms. The number of nitrogens with one attached hydrogen (secondary N) is 1. The largest absolute Gasteiger partial charge is 0.496 e. The van der Waals surface area contributed by atoms with Crippen LogP contribution in [0.5, 0.6) is 5.75 Å². The van der Waals surface area contributed by atoms with E-state index in [0.29, 0.717) is 34.8 Å². The summed E-state index contributed by atoms with van der Waals surface area (Å²) < 4.78 is 20.9. The van der Waals surface area contributed by atoms with Gasteiger partial charge in [0.1, 0.15) is 29.7 Å². The van der Waals surface area contributed by atoms with E-state index >= 15 is 0 Å². The molecule has 38 heavy (non-hydrogen) atoms. The maximum atomic E-state index is 14.0. The normalized spacial score (nSPS) is 11.9. The molecule has 2 amide bonds. The van der Waals surface area contributed by atoms with Crippen LogP contribution in [0.1, 0.15) is 37.4 Å². The summed E-state index contributed by atoms with van der Waals surface area (Å²) in [5, 5.41) is 11.3. The third kappa shape index (κ3) is 6.34. The van der Waals surface area contributed by atoms with Crippen molar-refractivity contribution in [2.24, 2.45) is 5.92 Å². The summed E-state index contributed by atoms with van der Waals surface area (Å²) in [6, 6.07) is 19.4. The van der Waals surface area contributed by atoms with E-state index in [1.807, 2.05) is 42.5 Å². The number of rotatable bonds is 11. The first-order valence-electron chi connectivity index (χ1n) is 12.6. The number of aromatic nitrogens is 3. The number of hydrogen-bond acceptors (Lipinski definition) is 5. The second-order valence-corrected chi connectivity index (χ2v) is 9.50. The molecule has 4 aromatic rings. The summed E-state index contributed by atoms with van der Waals surface area (Å²) >= 11 is 0. The number of nitrogens with zero attached hydrogens (tertiary/aromatic N) is 4. The number of carbonyl (C=O) groups is 2. The van der Waals surface area contributed by atoms with Gasteiger partial charge in [-0.2, -0.15) is 0 Å². The summed E-state index contributed by atoms with van der Waals surface area (Å²) in [4.78, 5) is 29.1. The van der Waals surface area contributed by atoms with E-state index < -0.39 is 11.9 Å². The van der Waals surface area contributed by atoms with Crippen molar-refractivity contribution < 1.29 is 18.7 Å². The third-order valence-corrected chi connectivity index (χ3v) is 6.33. The van der Waals surface area contributed by atoms with E-state index in [-0.39, 0.29) is 24.9 Å². The molecule has 4 rings (SSSR count). The van der Waals surface area contributed by atoms with Gasteiger partial charge >= 0.3 is 0 Å². The monoisotopic (exact) mass is 517 g/mol. The van der Waals surface area contributed by atoms with Gasteiger partial charge in [-0.05, 0) is 48.2 Å². The molecular weight excluding hydrogens is 485 g/mol. The van der Waals surface area contributed by atoms with Gasteiger partial charge in [0, 0.05) is 12.1 Å².